The van der Waals surface area contributed by atoms with Gasteiger partial charge in [-0.05, 0) is 26.2 Å². The SMILES string of the molecule is CCCN1C(=O)CC(SSCCCCCCOP(=O)(O)OCCOCCOCCOCCOCCOCC)C1=O. The normalized spacial score (nSPS) is 17.2. The second kappa shape index (κ2) is 25.3. The minimum absolute atomic E-state index is 0.0552. The van der Waals surface area contributed by atoms with Crippen molar-refractivity contribution < 1.29 is 51.8 Å². The van der Waals surface area contributed by atoms with E-state index in [1.807, 2.05) is 13.8 Å². The molecule has 1 heterocycles. The molecule has 12 nitrogen and oxygen atoms in total. The van der Waals surface area contributed by atoms with Gasteiger partial charge in [0.25, 0.3) is 0 Å². The Kier molecular flexibility index (Phi) is 23.9. The Morgan fingerprint density at radius 2 is 1.30 bits per heavy atom. The minimum atomic E-state index is -4.10. The van der Waals surface area contributed by atoms with Crippen molar-refractivity contribution in [3.05, 3.63) is 0 Å². The van der Waals surface area contributed by atoms with Gasteiger partial charge in [-0.3, -0.25) is 23.5 Å². The molecule has 0 aliphatic carbocycles. The third-order valence-electron chi connectivity index (χ3n) is 5.38. The summed E-state index contributed by atoms with van der Waals surface area (Å²) in [7, 11) is -0.997. The maximum absolute atomic E-state index is 12.2. The number of amides is 2. The molecule has 0 saturated carbocycles. The fraction of sp³-hybridized carbons (Fsp3) is 0.920. The summed E-state index contributed by atoms with van der Waals surface area (Å²) >= 11 is 0. The second-order valence-electron chi connectivity index (χ2n) is 8.69. The number of imide groups is 1. The Hall–Kier alpha value is -0.250. The van der Waals surface area contributed by atoms with Crippen LogP contribution in [0.2, 0.25) is 0 Å². The van der Waals surface area contributed by atoms with Crippen LogP contribution in [0.1, 0.15) is 52.4 Å². The molecule has 0 aromatic heterocycles. The summed E-state index contributed by atoms with van der Waals surface area (Å²) < 4.78 is 48.4. The van der Waals surface area contributed by atoms with Crippen LogP contribution in [0, 0.1) is 0 Å². The van der Waals surface area contributed by atoms with Crippen molar-refractivity contribution in [2.45, 2.75) is 57.6 Å². The van der Waals surface area contributed by atoms with Crippen molar-refractivity contribution in [2.75, 3.05) is 91.6 Å². The lowest BCUT2D eigenvalue weighted by atomic mass is 10.2. The van der Waals surface area contributed by atoms with Crippen LogP contribution < -0.4 is 0 Å². The van der Waals surface area contributed by atoms with E-state index >= 15 is 0 Å². The first kappa shape index (κ1) is 37.8. The number of hydrogen-bond acceptors (Lipinski definition) is 12. The topological polar surface area (TPSA) is 139 Å². The van der Waals surface area contributed by atoms with Gasteiger partial charge in [0.05, 0.1) is 72.7 Å². The highest BCUT2D eigenvalue weighted by molar-refractivity contribution is 8.77. The summed E-state index contributed by atoms with van der Waals surface area (Å²) in [5, 5.41) is -0.271. The predicted molar refractivity (Wildman–Crippen MR) is 155 cm³/mol. The number of hydrogen-bond donors (Lipinski definition) is 1. The number of nitrogens with zero attached hydrogens (tertiary/aromatic N) is 1. The average molecular weight is 634 g/mol. The van der Waals surface area contributed by atoms with Gasteiger partial charge in [-0.1, -0.05) is 41.4 Å². The van der Waals surface area contributed by atoms with Crippen LogP contribution >= 0.6 is 29.4 Å². The number of likely N-dealkylation sites (tertiary alicyclic amines) is 1. The number of carbonyl (C=O) groups excluding carboxylic acids is 2. The molecular formula is C25H48NO11PS2. The first-order chi connectivity index (χ1) is 19.4. The summed E-state index contributed by atoms with van der Waals surface area (Å²) in [6.45, 7) is 9.10. The highest BCUT2D eigenvalue weighted by Gasteiger charge is 2.38. The van der Waals surface area contributed by atoms with Crippen molar-refractivity contribution in [3.8, 4) is 0 Å². The fourth-order valence-electron chi connectivity index (χ4n) is 3.39. The molecule has 1 rings (SSSR count). The predicted octanol–water partition coefficient (Wildman–Crippen LogP) is 3.70. The van der Waals surface area contributed by atoms with Gasteiger partial charge in [0.1, 0.15) is 5.25 Å². The van der Waals surface area contributed by atoms with Gasteiger partial charge in [0.2, 0.25) is 11.8 Å². The lowest BCUT2D eigenvalue weighted by Gasteiger charge is -2.13. The van der Waals surface area contributed by atoms with E-state index in [0.717, 1.165) is 31.4 Å². The molecule has 1 N–H and O–H groups in total. The summed E-state index contributed by atoms with van der Waals surface area (Å²) in [5.41, 5.74) is 0. The summed E-state index contributed by atoms with van der Waals surface area (Å²) in [6.07, 6.45) is 4.47. The summed E-state index contributed by atoms with van der Waals surface area (Å²) in [6, 6.07) is 0. The standard InChI is InChI=1S/C25H48NO11PS2/c1-3-9-26-24(27)22-23(25(26)28)40-39-21-8-6-5-7-10-36-38(29,30)37-20-19-35-18-17-34-16-15-33-14-13-32-12-11-31-4-2/h23H,3-22H2,1-2H3,(H,29,30). The molecular weight excluding hydrogens is 585 g/mol. The van der Waals surface area contributed by atoms with E-state index in [1.165, 1.54) is 15.7 Å². The molecule has 236 valence electrons. The van der Waals surface area contributed by atoms with E-state index in [9.17, 15) is 19.0 Å². The van der Waals surface area contributed by atoms with Gasteiger partial charge in [-0.15, -0.1) is 0 Å². The zero-order chi connectivity index (χ0) is 29.3. The fourth-order valence-corrected chi connectivity index (χ4v) is 6.71. The second-order valence-corrected chi connectivity index (χ2v) is 12.8. The highest BCUT2D eigenvalue weighted by atomic mass is 33.1. The maximum atomic E-state index is 12.2. The minimum Gasteiger partial charge on any atom is -0.379 e. The van der Waals surface area contributed by atoms with Crippen molar-refractivity contribution >= 4 is 41.2 Å². The van der Waals surface area contributed by atoms with Crippen LogP contribution in [-0.2, 0) is 46.9 Å². The van der Waals surface area contributed by atoms with Crippen LogP contribution in [0.5, 0.6) is 0 Å². The third kappa shape index (κ3) is 19.8. The molecule has 0 bridgehead atoms. The van der Waals surface area contributed by atoms with E-state index in [-0.39, 0.29) is 36.9 Å². The summed E-state index contributed by atoms with van der Waals surface area (Å²) in [4.78, 5) is 35.2. The van der Waals surface area contributed by atoms with Crippen molar-refractivity contribution in [1.29, 1.82) is 0 Å². The first-order valence-corrected chi connectivity index (χ1v) is 17.9. The molecule has 2 amide bonds. The molecule has 0 aromatic rings. The molecule has 0 aromatic carbocycles. The van der Waals surface area contributed by atoms with E-state index < -0.39 is 7.82 Å². The molecule has 2 atom stereocenters. The molecule has 2 unspecified atom stereocenters. The largest absolute Gasteiger partial charge is 0.472 e. The molecule has 15 heteroatoms. The molecule has 1 saturated heterocycles. The molecule has 1 fully saturated rings. The number of rotatable bonds is 29. The van der Waals surface area contributed by atoms with Gasteiger partial charge >= 0.3 is 7.82 Å². The van der Waals surface area contributed by atoms with E-state index in [0.29, 0.717) is 78.8 Å². The Morgan fingerprint density at radius 3 is 1.88 bits per heavy atom. The lowest BCUT2D eigenvalue weighted by Crippen LogP contribution is -2.31. The smallest absolute Gasteiger partial charge is 0.379 e. The zero-order valence-electron chi connectivity index (χ0n) is 24.0. The van der Waals surface area contributed by atoms with Crippen LogP contribution in [0.25, 0.3) is 0 Å². The quantitative estimate of drug-likeness (QED) is 0.0555. The Labute approximate surface area is 246 Å². The third-order valence-corrected chi connectivity index (χ3v) is 9.20. The van der Waals surface area contributed by atoms with Gasteiger partial charge in [0.15, 0.2) is 0 Å². The number of ether oxygens (including phenoxy) is 5. The van der Waals surface area contributed by atoms with Crippen LogP contribution in [0.15, 0.2) is 0 Å². The number of phosphoric ester groups is 1. The Morgan fingerprint density at radius 1 is 0.775 bits per heavy atom. The highest BCUT2D eigenvalue weighted by Crippen LogP contribution is 2.43. The summed E-state index contributed by atoms with van der Waals surface area (Å²) in [5.74, 6) is 0.738. The van der Waals surface area contributed by atoms with E-state index in [1.54, 1.807) is 10.8 Å². The van der Waals surface area contributed by atoms with Crippen molar-refractivity contribution in [2.24, 2.45) is 0 Å². The number of phosphoric acid groups is 1. The molecule has 0 spiro atoms. The number of unbranched alkanes of at least 4 members (excludes halogenated alkanes) is 3. The van der Waals surface area contributed by atoms with Crippen LogP contribution in [-0.4, -0.2) is 118 Å². The monoisotopic (exact) mass is 633 g/mol. The Balaban J connectivity index is 1.84. The van der Waals surface area contributed by atoms with Crippen molar-refractivity contribution in [3.63, 3.8) is 0 Å². The van der Waals surface area contributed by atoms with Crippen LogP contribution in [0.3, 0.4) is 0 Å². The zero-order valence-corrected chi connectivity index (χ0v) is 26.5. The average Bonchev–Trinajstić information content (AvgIpc) is 3.19. The lowest BCUT2D eigenvalue weighted by molar-refractivity contribution is -0.138. The van der Waals surface area contributed by atoms with E-state index in [4.69, 9.17) is 32.7 Å². The van der Waals surface area contributed by atoms with E-state index in [2.05, 4.69) is 0 Å². The number of carbonyl (C=O) groups is 2. The molecule has 0 radical (unpaired) electrons. The molecule has 1 aliphatic rings. The molecule has 40 heavy (non-hydrogen) atoms. The van der Waals surface area contributed by atoms with Gasteiger partial charge in [-0.25, -0.2) is 4.57 Å². The van der Waals surface area contributed by atoms with Crippen LogP contribution in [0.4, 0.5) is 0 Å². The van der Waals surface area contributed by atoms with Crippen molar-refractivity contribution in [1.82, 2.24) is 4.90 Å². The Bertz CT molecular complexity index is 708. The van der Waals surface area contributed by atoms with Gasteiger partial charge in [-0.2, -0.15) is 0 Å². The molecule has 1 aliphatic heterocycles. The van der Waals surface area contributed by atoms with Gasteiger partial charge in [0, 0.05) is 25.3 Å². The maximum Gasteiger partial charge on any atom is 0.472 e. The first-order valence-electron chi connectivity index (χ1n) is 14.0. The van der Waals surface area contributed by atoms with Gasteiger partial charge < -0.3 is 28.6 Å².